The number of anilines is 2. The molecule has 1 atom stereocenters. The van der Waals surface area contributed by atoms with Crippen LogP contribution >= 0.6 is 11.6 Å². The standard InChI is InChI=1S/C20H28ClN5O5S/c1-14(2)8-15-9-16(21)11-17(10-15)23-20(27)26(28)32(29,30)25(18-4-6-31-7-5-18)19-12-22-24(3)13-19/h9-14,18,26H,4-8H2,1-3H3,(H,23,27). The summed E-state index contributed by atoms with van der Waals surface area (Å²) in [4.78, 5) is 12.7. The summed E-state index contributed by atoms with van der Waals surface area (Å²) in [5, 5.41) is 19.6. The number of nitrogens with zero attached hydrogens (tertiary/aromatic N) is 3. The molecule has 12 heteroatoms. The molecule has 2 N–H and O–H groups in total. The zero-order valence-electron chi connectivity index (χ0n) is 18.2. The summed E-state index contributed by atoms with van der Waals surface area (Å²) in [5.74, 6) is 0.353. The summed E-state index contributed by atoms with van der Waals surface area (Å²) in [6.07, 6.45) is 4.36. The third kappa shape index (κ3) is 5.78. The minimum atomic E-state index is -4.66. The molecule has 1 aliphatic rings. The van der Waals surface area contributed by atoms with E-state index in [2.05, 4.69) is 10.4 Å². The van der Waals surface area contributed by atoms with Gasteiger partial charge in [0.15, 0.2) is 0 Å². The minimum absolute atomic E-state index is 0.225. The second-order valence-electron chi connectivity index (χ2n) is 8.20. The van der Waals surface area contributed by atoms with Crippen LogP contribution in [0.5, 0.6) is 0 Å². The van der Waals surface area contributed by atoms with Gasteiger partial charge in [0, 0.05) is 37.2 Å². The fourth-order valence-electron chi connectivity index (χ4n) is 3.69. The summed E-state index contributed by atoms with van der Waals surface area (Å²) >= 11 is 6.14. The topological polar surface area (TPSA) is 121 Å². The molecule has 0 bridgehead atoms. The maximum atomic E-state index is 13.3. The van der Waals surface area contributed by atoms with Crippen molar-refractivity contribution < 1.29 is 22.4 Å². The van der Waals surface area contributed by atoms with Crippen molar-refractivity contribution in [2.75, 3.05) is 22.8 Å². The summed E-state index contributed by atoms with van der Waals surface area (Å²) in [5.41, 5.74) is 1.36. The fourth-order valence-corrected chi connectivity index (χ4v) is 5.38. The van der Waals surface area contributed by atoms with Crippen molar-refractivity contribution in [2.45, 2.75) is 39.2 Å². The maximum Gasteiger partial charge on any atom is 0.436 e. The van der Waals surface area contributed by atoms with E-state index >= 15 is 0 Å². The van der Waals surface area contributed by atoms with Crippen molar-refractivity contribution in [1.29, 1.82) is 0 Å². The van der Waals surface area contributed by atoms with E-state index in [1.807, 2.05) is 13.8 Å². The van der Waals surface area contributed by atoms with Gasteiger partial charge in [0.25, 0.3) is 0 Å². The van der Waals surface area contributed by atoms with Crippen molar-refractivity contribution in [2.24, 2.45) is 13.0 Å². The van der Waals surface area contributed by atoms with Gasteiger partial charge in [-0.1, -0.05) is 25.4 Å². The van der Waals surface area contributed by atoms with Gasteiger partial charge in [-0.25, -0.2) is 9.10 Å². The number of aryl methyl sites for hydroxylation is 1. The predicted octanol–water partition coefficient (Wildman–Crippen LogP) is 2.12. The van der Waals surface area contributed by atoms with Crippen LogP contribution in [-0.2, 0) is 28.4 Å². The number of benzene rings is 1. The molecule has 0 saturated carbocycles. The van der Waals surface area contributed by atoms with Gasteiger partial charge in [0.1, 0.15) is 0 Å². The van der Waals surface area contributed by atoms with E-state index in [0.29, 0.717) is 43.4 Å². The number of aromatic nitrogens is 2. The van der Waals surface area contributed by atoms with Crippen LogP contribution in [0, 0.1) is 11.1 Å². The van der Waals surface area contributed by atoms with E-state index in [4.69, 9.17) is 16.3 Å². The SMILES string of the molecule is CC(C)Cc1cc(Cl)cc(NC(=O)[NH+]([O-])S(=O)(=O)N(c2cnn(C)c2)C2CCOCC2)c1. The summed E-state index contributed by atoms with van der Waals surface area (Å²) in [7, 11) is -3.02. The molecule has 10 nitrogen and oxygen atoms in total. The molecule has 1 unspecified atom stereocenters. The van der Waals surface area contributed by atoms with Gasteiger partial charge < -0.3 is 9.94 Å². The molecule has 3 rings (SSSR count). The van der Waals surface area contributed by atoms with Crippen LogP contribution in [0.3, 0.4) is 0 Å². The number of hydroxylamine groups is 1. The maximum absolute atomic E-state index is 13.3. The Balaban J connectivity index is 1.85. The summed E-state index contributed by atoms with van der Waals surface area (Å²) in [6.45, 7) is 4.80. The van der Waals surface area contributed by atoms with Gasteiger partial charge in [0.05, 0.1) is 17.9 Å². The van der Waals surface area contributed by atoms with Gasteiger partial charge in [0.2, 0.25) is 0 Å². The second-order valence-corrected chi connectivity index (χ2v) is 10.4. The monoisotopic (exact) mass is 485 g/mol. The molecule has 1 saturated heterocycles. The quantitative estimate of drug-likeness (QED) is 0.579. The third-order valence-electron chi connectivity index (χ3n) is 5.01. The van der Waals surface area contributed by atoms with E-state index < -0.39 is 26.8 Å². The van der Waals surface area contributed by atoms with Gasteiger partial charge in [-0.2, -0.15) is 18.0 Å². The van der Waals surface area contributed by atoms with Gasteiger partial charge in [-0.05, 0) is 48.9 Å². The molecular formula is C20H28ClN5O5S. The first kappa shape index (κ1) is 24.5. The smallest absolute Gasteiger partial charge is 0.436 e. The first-order chi connectivity index (χ1) is 15.1. The van der Waals surface area contributed by atoms with Gasteiger partial charge in [-0.15, -0.1) is 0 Å². The Morgan fingerprint density at radius 3 is 2.66 bits per heavy atom. The zero-order valence-corrected chi connectivity index (χ0v) is 19.8. The Labute approximate surface area is 192 Å². The number of rotatable bonds is 7. The minimum Gasteiger partial charge on any atom is -0.608 e. The highest BCUT2D eigenvalue weighted by Gasteiger charge is 2.40. The number of amides is 2. The molecule has 0 spiro atoms. The highest BCUT2D eigenvalue weighted by Crippen LogP contribution is 2.25. The van der Waals surface area contributed by atoms with Crippen LogP contribution in [0.1, 0.15) is 32.3 Å². The molecule has 2 amide bonds. The number of halogens is 1. The van der Waals surface area contributed by atoms with Crippen LogP contribution in [0.4, 0.5) is 16.2 Å². The Hall–Kier alpha value is -2.18. The number of urea groups is 1. The summed E-state index contributed by atoms with van der Waals surface area (Å²) in [6, 6.07) is 3.16. The van der Waals surface area contributed by atoms with Gasteiger partial charge >= 0.3 is 16.2 Å². The average molecular weight is 486 g/mol. The molecule has 176 valence electrons. The molecule has 2 heterocycles. The molecule has 1 aromatic carbocycles. The van der Waals surface area contributed by atoms with Crippen LogP contribution < -0.4 is 14.1 Å². The van der Waals surface area contributed by atoms with Crippen LogP contribution in [0.15, 0.2) is 30.6 Å². The van der Waals surface area contributed by atoms with E-state index in [1.165, 1.54) is 23.1 Å². The van der Waals surface area contributed by atoms with Crippen molar-refractivity contribution >= 4 is 39.2 Å². The Bertz CT molecular complexity index is 1050. The Kier molecular flexibility index (Phi) is 7.78. The van der Waals surface area contributed by atoms with Crippen LogP contribution in [0.2, 0.25) is 5.02 Å². The lowest BCUT2D eigenvalue weighted by Crippen LogP contribution is -3.14. The third-order valence-corrected chi connectivity index (χ3v) is 6.91. The number of carbonyl (C=O) groups is 1. The normalized spacial score (nSPS) is 16.2. The van der Waals surface area contributed by atoms with E-state index in [0.717, 1.165) is 9.87 Å². The number of nitrogens with one attached hydrogen (secondary N) is 2. The number of quaternary nitrogens is 1. The largest absolute Gasteiger partial charge is 0.608 e. The number of hydrogen-bond acceptors (Lipinski definition) is 6. The Morgan fingerprint density at radius 2 is 2.06 bits per heavy atom. The highest BCUT2D eigenvalue weighted by molar-refractivity contribution is 7.86. The summed E-state index contributed by atoms with van der Waals surface area (Å²) < 4.78 is 32.7. The fraction of sp³-hybridized carbons (Fsp3) is 0.500. The van der Waals surface area contributed by atoms with Crippen LogP contribution in [0.25, 0.3) is 0 Å². The first-order valence-electron chi connectivity index (χ1n) is 10.3. The molecule has 0 aliphatic carbocycles. The lowest BCUT2D eigenvalue weighted by molar-refractivity contribution is -0.604. The first-order valence-corrected chi connectivity index (χ1v) is 12.2. The number of carbonyl (C=O) groups excluding carboxylic acids is 1. The molecule has 1 aliphatic heterocycles. The molecule has 32 heavy (non-hydrogen) atoms. The molecule has 2 aromatic rings. The van der Waals surface area contributed by atoms with E-state index in [-0.39, 0.29) is 11.4 Å². The number of hydrogen-bond donors (Lipinski definition) is 2. The lowest BCUT2D eigenvalue weighted by atomic mass is 10.0. The molecule has 1 fully saturated rings. The van der Waals surface area contributed by atoms with Crippen molar-refractivity contribution in [3.05, 3.63) is 46.4 Å². The lowest BCUT2D eigenvalue weighted by Gasteiger charge is -2.35. The second kappa shape index (κ2) is 10.2. The zero-order chi connectivity index (χ0) is 23.5. The molecule has 1 aromatic heterocycles. The van der Waals surface area contributed by atoms with Gasteiger partial charge in [-0.3, -0.25) is 10.00 Å². The Morgan fingerprint density at radius 1 is 1.38 bits per heavy atom. The van der Waals surface area contributed by atoms with E-state index in [1.54, 1.807) is 19.2 Å². The number of ether oxygens (including phenoxy) is 1. The highest BCUT2D eigenvalue weighted by atomic mass is 35.5. The van der Waals surface area contributed by atoms with Crippen molar-refractivity contribution in [3.8, 4) is 0 Å². The van der Waals surface area contributed by atoms with Crippen LogP contribution in [-0.4, -0.2) is 43.5 Å². The van der Waals surface area contributed by atoms with Crippen molar-refractivity contribution in [3.63, 3.8) is 0 Å². The average Bonchev–Trinajstić information content (AvgIpc) is 3.12. The molecular weight excluding hydrogens is 458 g/mol. The van der Waals surface area contributed by atoms with E-state index in [9.17, 15) is 18.4 Å². The predicted molar refractivity (Wildman–Crippen MR) is 122 cm³/mol. The van der Waals surface area contributed by atoms with Crippen molar-refractivity contribution in [1.82, 2.24) is 9.78 Å². The molecule has 0 radical (unpaired) electrons.